The molecular weight excluding hydrogens is 298 g/mol. The van der Waals surface area contributed by atoms with E-state index in [4.69, 9.17) is 13.5 Å². The first-order valence-corrected chi connectivity index (χ1v) is 7.62. The highest BCUT2D eigenvalue weighted by molar-refractivity contribution is 7.74. The summed E-state index contributed by atoms with van der Waals surface area (Å²) in [5.74, 6) is -0.513. The minimum atomic E-state index is -2.25. The average molecular weight is 319 g/mol. The fourth-order valence-electron chi connectivity index (χ4n) is 1.56. The summed E-state index contributed by atoms with van der Waals surface area (Å²) in [4.78, 5) is 11.8. The number of rotatable bonds is 7. The molecule has 0 fully saturated rings. The zero-order chi connectivity index (χ0) is 16.0. The molecule has 0 aromatic carbocycles. The first-order valence-electron chi connectivity index (χ1n) is 6.59. The molecule has 9 heteroatoms. The molecule has 0 saturated carbocycles. The molecule has 0 spiro atoms. The maximum Gasteiger partial charge on any atom is 0.361 e. The van der Waals surface area contributed by atoms with E-state index in [1.807, 2.05) is 0 Å². The Morgan fingerprint density at radius 3 is 2.76 bits per heavy atom. The Labute approximate surface area is 126 Å². The second-order valence-corrected chi connectivity index (χ2v) is 6.26. The quantitative estimate of drug-likeness (QED) is 0.600. The van der Waals surface area contributed by atoms with Gasteiger partial charge in [-0.2, -0.15) is 4.21 Å². The number of aryl methyl sites for hydroxylation is 1. The number of ether oxygens (including phenoxy) is 1. The lowest BCUT2D eigenvalue weighted by Crippen LogP contribution is -2.24. The van der Waals surface area contributed by atoms with Gasteiger partial charge in [-0.05, 0) is 40.5 Å². The normalized spacial score (nSPS) is 14.7. The third-order valence-electron chi connectivity index (χ3n) is 2.39. The van der Waals surface area contributed by atoms with Crippen LogP contribution in [0.5, 0.6) is 0 Å². The lowest BCUT2D eigenvalue weighted by atomic mass is 10.2. The van der Waals surface area contributed by atoms with Crippen LogP contribution in [0.1, 0.15) is 51.0 Å². The second kappa shape index (κ2) is 7.62. The first-order chi connectivity index (χ1) is 9.67. The zero-order valence-corrected chi connectivity index (χ0v) is 13.4. The second-order valence-electron chi connectivity index (χ2n) is 5.63. The van der Waals surface area contributed by atoms with Crippen molar-refractivity contribution in [2.24, 2.45) is 0 Å². The molecule has 8 nitrogen and oxygen atoms in total. The van der Waals surface area contributed by atoms with Crippen LogP contribution in [0.3, 0.4) is 0 Å². The lowest BCUT2D eigenvalue weighted by Gasteiger charge is -2.18. The first kappa shape index (κ1) is 17.7. The van der Waals surface area contributed by atoms with Gasteiger partial charge in [-0.1, -0.05) is 5.21 Å². The molecule has 0 saturated heterocycles. The van der Waals surface area contributed by atoms with Gasteiger partial charge < -0.3 is 4.74 Å². The molecular formula is C12H21N3O5S. The number of aromatic nitrogens is 3. The van der Waals surface area contributed by atoms with Gasteiger partial charge >= 0.3 is 17.3 Å². The highest BCUT2D eigenvalue weighted by atomic mass is 32.2. The average Bonchev–Trinajstić information content (AvgIpc) is 2.74. The summed E-state index contributed by atoms with van der Waals surface area (Å²) >= 11 is -2.25. The van der Waals surface area contributed by atoms with E-state index >= 15 is 0 Å². The Kier molecular flexibility index (Phi) is 6.43. The van der Waals surface area contributed by atoms with Crippen LogP contribution in [0.2, 0.25) is 0 Å². The summed E-state index contributed by atoms with van der Waals surface area (Å²) in [6, 6.07) is 0. The number of nitrogens with zero attached hydrogens (tertiary/aromatic N) is 3. The number of hydrogen-bond acceptors (Lipinski definition) is 6. The SMILES string of the molecule is CC(CCCn1cc(C(=O)OC(C)(C)C)nn1)OS(=O)O. The van der Waals surface area contributed by atoms with Crippen LogP contribution in [0.15, 0.2) is 6.20 Å². The van der Waals surface area contributed by atoms with Crippen molar-refractivity contribution in [3.05, 3.63) is 11.9 Å². The van der Waals surface area contributed by atoms with E-state index in [-0.39, 0.29) is 11.8 Å². The van der Waals surface area contributed by atoms with Crippen LogP contribution >= 0.6 is 0 Å². The molecule has 0 bridgehead atoms. The molecule has 0 radical (unpaired) electrons. The minimum absolute atomic E-state index is 0.158. The highest BCUT2D eigenvalue weighted by Gasteiger charge is 2.20. The van der Waals surface area contributed by atoms with E-state index < -0.39 is 22.9 Å². The number of esters is 1. The summed E-state index contributed by atoms with van der Waals surface area (Å²) in [6.07, 6.45) is 2.46. The van der Waals surface area contributed by atoms with Crippen molar-refractivity contribution >= 4 is 17.3 Å². The summed E-state index contributed by atoms with van der Waals surface area (Å²) in [5, 5.41) is 7.61. The number of carbonyl (C=O) groups is 1. The molecule has 1 aromatic rings. The van der Waals surface area contributed by atoms with Crippen LogP contribution in [0, 0.1) is 0 Å². The van der Waals surface area contributed by atoms with Gasteiger partial charge in [0.1, 0.15) is 5.60 Å². The molecule has 0 aliphatic carbocycles. The molecule has 21 heavy (non-hydrogen) atoms. The Hall–Kier alpha value is -1.32. The molecule has 1 aromatic heterocycles. The smallest absolute Gasteiger partial charge is 0.361 e. The van der Waals surface area contributed by atoms with E-state index in [1.54, 1.807) is 27.7 Å². The number of hydrogen-bond donors (Lipinski definition) is 1. The summed E-state index contributed by atoms with van der Waals surface area (Å²) in [7, 11) is 0. The minimum Gasteiger partial charge on any atom is -0.455 e. The van der Waals surface area contributed by atoms with Crippen LogP contribution in [-0.4, -0.2) is 41.4 Å². The topological polar surface area (TPSA) is 104 Å². The van der Waals surface area contributed by atoms with Crippen molar-refractivity contribution in [2.45, 2.75) is 58.8 Å². The van der Waals surface area contributed by atoms with Crippen LogP contribution in [0.25, 0.3) is 0 Å². The van der Waals surface area contributed by atoms with Crippen molar-refractivity contribution in [3.63, 3.8) is 0 Å². The Morgan fingerprint density at radius 1 is 1.52 bits per heavy atom. The van der Waals surface area contributed by atoms with E-state index in [9.17, 15) is 9.00 Å². The van der Waals surface area contributed by atoms with Crippen LogP contribution < -0.4 is 0 Å². The maximum absolute atomic E-state index is 11.8. The Morgan fingerprint density at radius 2 is 2.19 bits per heavy atom. The molecule has 0 aliphatic heterocycles. The molecule has 1 rings (SSSR count). The molecule has 2 unspecified atom stereocenters. The van der Waals surface area contributed by atoms with E-state index in [2.05, 4.69) is 10.3 Å². The van der Waals surface area contributed by atoms with Crippen LogP contribution in [-0.2, 0) is 26.8 Å². The van der Waals surface area contributed by atoms with Gasteiger partial charge in [0.25, 0.3) is 0 Å². The van der Waals surface area contributed by atoms with Crippen LogP contribution in [0.4, 0.5) is 0 Å². The van der Waals surface area contributed by atoms with E-state index in [0.29, 0.717) is 19.4 Å². The Balaban J connectivity index is 2.42. The van der Waals surface area contributed by atoms with Gasteiger partial charge in [-0.15, -0.1) is 5.10 Å². The van der Waals surface area contributed by atoms with Gasteiger partial charge in [0.2, 0.25) is 0 Å². The third kappa shape index (κ3) is 7.30. The predicted octanol–water partition coefficient (Wildman–Crippen LogP) is 1.56. The van der Waals surface area contributed by atoms with E-state index in [0.717, 1.165) is 0 Å². The zero-order valence-electron chi connectivity index (χ0n) is 12.6. The van der Waals surface area contributed by atoms with Gasteiger partial charge in [-0.3, -0.25) is 13.4 Å². The fraction of sp³-hybridized carbons (Fsp3) is 0.750. The monoisotopic (exact) mass is 319 g/mol. The number of carbonyl (C=O) groups excluding carboxylic acids is 1. The molecule has 1 heterocycles. The van der Waals surface area contributed by atoms with Crippen molar-refractivity contribution in [2.75, 3.05) is 0 Å². The van der Waals surface area contributed by atoms with Gasteiger partial charge in [0.05, 0.1) is 12.3 Å². The molecule has 120 valence electrons. The third-order valence-corrected chi connectivity index (χ3v) is 2.88. The van der Waals surface area contributed by atoms with Gasteiger partial charge in [-0.25, -0.2) is 4.79 Å². The standard InChI is InChI=1S/C12H21N3O5S/c1-9(20-21(17)18)6-5-7-15-8-10(13-14-15)11(16)19-12(2,3)4/h8-9H,5-7H2,1-4H3,(H,17,18). The summed E-state index contributed by atoms with van der Waals surface area (Å²) < 4.78 is 30.4. The summed E-state index contributed by atoms with van der Waals surface area (Å²) in [6.45, 7) is 7.58. The van der Waals surface area contributed by atoms with Gasteiger partial charge in [0.15, 0.2) is 5.69 Å². The molecule has 0 aliphatic rings. The largest absolute Gasteiger partial charge is 0.455 e. The van der Waals surface area contributed by atoms with Crippen molar-refractivity contribution in [3.8, 4) is 0 Å². The van der Waals surface area contributed by atoms with Crippen molar-refractivity contribution in [1.82, 2.24) is 15.0 Å². The fourth-order valence-corrected chi connectivity index (χ4v) is 1.94. The molecule has 2 atom stereocenters. The maximum atomic E-state index is 11.8. The Bertz CT molecular complexity index is 497. The highest BCUT2D eigenvalue weighted by Crippen LogP contribution is 2.10. The van der Waals surface area contributed by atoms with Gasteiger partial charge in [0, 0.05) is 6.54 Å². The van der Waals surface area contributed by atoms with Crippen molar-refractivity contribution in [1.29, 1.82) is 0 Å². The predicted molar refractivity (Wildman–Crippen MR) is 75.7 cm³/mol. The summed E-state index contributed by atoms with van der Waals surface area (Å²) in [5.41, 5.74) is -0.418. The van der Waals surface area contributed by atoms with E-state index in [1.165, 1.54) is 10.9 Å². The molecule has 1 N–H and O–H groups in total. The van der Waals surface area contributed by atoms with Crippen molar-refractivity contribution < 1.29 is 22.5 Å². The molecule has 0 amide bonds. The lowest BCUT2D eigenvalue weighted by molar-refractivity contribution is 0.00626.